The Bertz CT molecular complexity index is 371. The van der Waals surface area contributed by atoms with E-state index in [0.717, 1.165) is 12.1 Å². The molecule has 5 heteroatoms. The summed E-state index contributed by atoms with van der Waals surface area (Å²) in [7, 11) is 0. The van der Waals surface area contributed by atoms with Crippen molar-refractivity contribution in [3.63, 3.8) is 0 Å². The summed E-state index contributed by atoms with van der Waals surface area (Å²) in [5, 5.41) is 0. The molecule has 1 aromatic rings. The molecule has 0 aromatic heterocycles. The van der Waals surface area contributed by atoms with Gasteiger partial charge in [0, 0.05) is 11.6 Å². The van der Waals surface area contributed by atoms with Crippen molar-refractivity contribution in [1.82, 2.24) is 0 Å². The van der Waals surface area contributed by atoms with Gasteiger partial charge in [0.15, 0.2) is 0 Å². The lowest BCUT2D eigenvalue weighted by Crippen LogP contribution is -2.19. The molecule has 1 nitrogen and oxygen atoms in total. The first kappa shape index (κ1) is 13.0. The number of hydrogen-bond acceptors (Lipinski definition) is 1. The van der Waals surface area contributed by atoms with Gasteiger partial charge in [-0.2, -0.15) is 13.2 Å². The molecule has 0 aliphatic rings. The molecule has 0 aliphatic carbocycles. The zero-order valence-electron chi connectivity index (χ0n) is 8.98. The molecule has 0 spiro atoms. The molecule has 1 atom stereocenters. The lowest BCUT2D eigenvalue weighted by Gasteiger charge is -2.18. The van der Waals surface area contributed by atoms with Crippen LogP contribution in [0.3, 0.4) is 0 Å². The second-order valence-electron chi connectivity index (χ2n) is 4.00. The van der Waals surface area contributed by atoms with Crippen molar-refractivity contribution in [3.05, 3.63) is 35.1 Å². The largest absolute Gasteiger partial charge is 0.416 e. The standard InChI is InChI=1S/C11H13F4N/c1-6(2)10(16)8-5-7(11(13,14)15)3-4-9(8)12/h3-6,10H,16H2,1-2H3. The summed E-state index contributed by atoms with van der Waals surface area (Å²) in [5.74, 6) is -0.827. The van der Waals surface area contributed by atoms with E-state index < -0.39 is 23.6 Å². The fourth-order valence-electron chi connectivity index (χ4n) is 1.33. The first-order valence-electron chi connectivity index (χ1n) is 4.85. The van der Waals surface area contributed by atoms with Crippen LogP contribution in [-0.2, 0) is 6.18 Å². The van der Waals surface area contributed by atoms with E-state index in [4.69, 9.17) is 5.73 Å². The second kappa shape index (κ2) is 4.41. The van der Waals surface area contributed by atoms with Crippen molar-refractivity contribution in [3.8, 4) is 0 Å². The molecule has 2 N–H and O–H groups in total. The van der Waals surface area contributed by atoms with Gasteiger partial charge < -0.3 is 5.73 Å². The van der Waals surface area contributed by atoms with Crippen molar-refractivity contribution >= 4 is 0 Å². The smallest absolute Gasteiger partial charge is 0.324 e. The molecule has 0 saturated heterocycles. The number of rotatable bonds is 2. The van der Waals surface area contributed by atoms with Gasteiger partial charge in [-0.25, -0.2) is 4.39 Å². The molecule has 0 amide bonds. The zero-order valence-corrected chi connectivity index (χ0v) is 8.98. The normalized spacial score (nSPS) is 14.2. The number of nitrogens with two attached hydrogens (primary N) is 1. The zero-order chi connectivity index (χ0) is 12.5. The number of halogens is 4. The fraction of sp³-hybridized carbons (Fsp3) is 0.455. The first-order valence-corrected chi connectivity index (χ1v) is 4.85. The molecule has 0 fully saturated rings. The molecular formula is C11H13F4N. The Balaban J connectivity index is 3.19. The highest BCUT2D eigenvalue weighted by Gasteiger charge is 2.31. The third kappa shape index (κ3) is 2.72. The topological polar surface area (TPSA) is 26.0 Å². The van der Waals surface area contributed by atoms with Gasteiger partial charge in [-0.15, -0.1) is 0 Å². The SMILES string of the molecule is CC(C)C(N)c1cc(C(F)(F)F)ccc1F. The van der Waals surface area contributed by atoms with E-state index in [9.17, 15) is 17.6 Å². The summed E-state index contributed by atoms with van der Waals surface area (Å²) in [4.78, 5) is 0. The second-order valence-corrected chi connectivity index (χ2v) is 4.00. The minimum absolute atomic E-state index is 0.0928. The maximum absolute atomic E-state index is 13.3. The third-order valence-corrected chi connectivity index (χ3v) is 2.40. The number of alkyl halides is 3. The summed E-state index contributed by atoms with van der Waals surface area (Å²) in [5.41, 5.74) is 4.68. The molecule has 0 bridgehead atoms. The van der Waals surface area contributed by atoms with Crippen molar-refractivity contribution in [2.75, 3.05) is 0 Å². The predicted molar refractivity (Wildman–Crippen MR) is 53.2 cm³/mol. The molecule has 0 radical (unpaired) electrons. The van der Waals surface area contributed by atoms with Crippen molar-refractivity contribution < 1.29 is 17.6 Å². The van der Waals surface area contributed by atoms with Crippen LogP contribution in [0.1, 0.15) is 31.0 Å². The highest BCUT2D eigenvalue weighted by Crippen LogP contribution is 2.32. The molecule has 1 unspecified atom stereocenters. The van der Waals surface area contributed by atoms with Gasteiger partial charge in [-0.3, -0.25) is 0 Å². The Labute approximate surface area is 91.3 Å². The summed E-state index contributed by atoms with van der Waals surface area (Å²) in [6.07, 6.45) is -4.47. The number of benzene rings is 1. The maximum atomic E-state index is 13.3. The van der Waals surface area contributed by atoms with E-state index in [1.165, 1.54) is 0 Å². The summed E-state index contributed by atoms with van der Waals surface area (Å²) in [6, 6.07) is 1.56. The van der Waals surface area contributed by atoms with Gasteiger partial charge in [0.2, 0.25) is 0 Å². The molecule has 0 saturated carbocycles. The Morgan fingerprint density at radius 3 is 2.19 bits per heavy atom. The third-order valence-electron chi connectivity index (χ3n) is 2.40. The van der Waals surface area contributed by atoms with Crippen LogP contribution in [0.15, 0.2) is 18.2 Å². The van der Waals surface area contributed by atoms with E-state index in [2.05, 4.69) is 0 Å². The van der Waals surface area contributed by atoms with Crippen LogP contribution in [0, 0.1) is 11.7 Å². The van der Waals surface area contributed by atoms with Crippen LogP contribution in [0.5, 0.6) is 0 Å². The van der Waals surface area contributed by atoms with Gasteiger partial charge in [0.1, 0.15) is 5.82 Å². The Morgan fingerprint density at radius 2 is 1.75 bits per heavy atom. The van der Waals surface area contributed by atoms with E-state index >= 15 is 0 Å². The molecule has 90 valence electrons. The minimum Gasteiger partial charge on any atom is -0.324 e. The van der Waals surface area contributed by atoms with Crippen molar-refractivity contribution in [2.45, 2.75) is 26.1 Å². The Kier molecular flexibility index (Phi) is 3.57. The van der Waals surface area contributed by atoms with Crippen LogP contribution < -0.4 is 5.73 Å². The first-order chi connectivity index (χ1) is 7.23. The average Bonchev–Trinajstić information content (AvgIpc) is 2.15. The molecule has 1 aromatic carbocycles. The van der Waals surface area contributed by atoms with Crippen LogP contribution in [-0.4, -0.2) is 0 Å². The van der Waals surface area contributed by atoms with E-state index in [0.29, 0.717) is 6.07 Å². The molecular weight excluding hydrogens is 222 g/mol. The maximum Gasteiger partial charge on any atom is 0.416 e. The highest BCUT2D eigenvalue weighted by molar-refractivity contribution is 5.29. The average molecular weight is 235 g/mol. The van der Waals surface area contributed by atoms with Gasteiger partial charge in [-0.05, 0) is 24.1 Å². The van der Waals surface area contributed by atoms with E-state index in [1.807, 2.05) is 0 Å². The van der Waals surface area contributed by atoms with Gasteiger partial charge in [0.05, 0.1) is 5.56 Å². The van der Waals surface area contributed by atoms with Gasteiger partial charge >= 0.3 is 6.18 Å². The lowest BCUT2D eigenvalue weighted by molar-refractivity contribution is -0.137. The molecule has 0 aliphatic heterocycles. The molecule has 1 rings (SSSR count). The summed E-state index contributed by atoms with van der Waals surface area (Å²) in [6.45, 7) is 3.45. The minimum atomic E-state index is -4.47. The monoisotopic (exact) mass is 235 g/mol. The Morgan fingerprint density at radius 1 is 1.19 bits per heavy atom. The summed E-state index contributed by atoms with van der Waals surface area (Å²) < 4.78 is 50.5. The fourth-order valence-corrected chi connectivity index (χ4v) is 1.33. The predicted octanol–water partition coefficient (Wildman–Crippen LogP) is 3.50. The molecule has 0 heterocycles. The number of hydrogen-bond donors (Lipinski definition) is 1. The summed E-state index contributed by atoms with van der Waals surface area (Å²) >= 11 is 0. The van der Waals surface area contributed by atoms with Crippen LogP contribution >= 0.6 is 0 Å². The molecule has 16 heavy (non-hydrogen) atoms. The quantitative estimate of drug-likeness (QED) is 0.780. The highest BCUT2D eigenvalue weighted by atomic mass is 19.4. The van der Waals surface area contributed by atoms with Crippen LogP contribution in [0.2, 0.25) is 0 Å². The van der Waals surface area contributed by atoms with Crippen molar-refractivity contribution in [2.24, 2.45) is 11.7 Å². The lowest BCUT2D eigenvalue weighted by atomic mass is 9.95. The van der Waals surface area contributed by atoms with Crippen molar-refractivity contribution in [1.29, 1.82) is 0 Å². The van der Waals surface area contributed by atoms with Crippen LogP contribution in [0.4, 0.5) is 17.6 Å². The van der Waals surface area contributed by atoms with E-state index in [1.54, 1.807) is 13.8 Å². The van der Waals surface area contributed by atoms with Gasteiger partial charge in [0.25, 0.3) is 0 Å². The van der Waals surface area contributed by atoms with Gasteiger partial charge in [-0.1, -0.05) is 13.8 Å². The van der Waals surface area contributed by atoms with E-state index in [-0.39, 0.29) is 11.5 Å². The van der Waals surface area contributed by atoms with Crippen LogP contribution in [0.25, 0.3) is 0 Å². The Hall–Kier alpha value is -1.10.